The predicted molar refractivity (Wildman–Crippen MR) is 76.7 cm³/mol. The average molecular weight is 277 g/mol. The Hall–Kier alpha value is -1.92. The predicted octanol–water partition coefficient (Wildman–Crippen LogP) is 2.03. The number of nitrogens with two attached hydrogens (primary N) is 1. The van der Waals surface area contributed by atoms with Gasteiger partial charge in [0, 0.05) is 26.3 Å². The van der Waals surface area contributed by atoms with E-state index in [9.17, 15) is 9.90 Å². The van der Waals surface area contributed by atoms with E-state index in [2.05, 4.69) is 4.98 Å². The molecule has 5 nitrogen and oxygen atoms in total. The van der Waals surface area contributed by atoms with E-state index >= 15 is 0 Å². The minimum atomic E-state index is -1.03. The lowest BCUT2D eigenvalue weighted by Crippen LogP contribution is -2.08. The van der Waals surface area contributed by atoms with Gasteiger partial charge in [-0.15, -0.1) is 11.3 Å². The molecule has 2 rings (SSSR count). The minimum absolute atomic E-state index is 0.0723. The van der Waals surface area contributed by atoms with E-state index in [0.29, 0.717) is 9.88 Å². The zero-order valence-electron chi connectivity index (χ0n) is 10.8. The monoisotopic (exact) mass is 277 g/mol. The van der Waals surface area contributed by atoms with Crippen molar-refractivity contribution in [2.24, 2.45) is 5.73 Å². The first kappa shape index (κ1) is 13.5. The van der Waals surface area contributed by atoms with E-state index < -0.39 is 5.97 Å². The first-order chi connectivity index (χ1) is 9.02. The molecule has 0 bridgehead atoms. The zero-order chi connectivity index (χ0) is 14.0. The van der Waals surface area contributed by atoms with Crippen molar-refractivity contribution in [2.45, 2.75) is 6.54 Å². The van der Waals surface area contributed by atoms with Crippen LogP contribution in [0.15, 0.2) is 24.3 Å². The summed E-state index contributed by atoms with van der Waals surface area (Å²) in [6.07, 6.45) is 0. The average Bonchev–Trinajstić information content (AvgIpc) is 2.83. The van der Waals surface area contributed by atoms with Gasteiger partial charge in [0.05, 0.1) is 4.88 Å². The summed E-state index contributed by atoms with van der Waals surface area (Å²) in [5.41, 5.74) is 7.50. The van der Waals surface area contributed by atoms with Crippen LogP contribution in [0.5, 0.6) is 0 Å². The van der Waals surface area contributed by atoms with E-state index in [1.54, 1.807) is 0 Å². The first-order valence-corrected chi connectivity index (χ1v) is 6.55. The van der Waals surface area contributed by atoms with Crippen LogP contribution >= 0.6 is 11.3 Å². The number of carboxylic acids is 1. The maximum absolute atomic E-state index is 11.2. The van der Waals surface area contributed by atoms with E-state index in [-0.39, 0.29) is 12.2 Å². The van der Waals surface area contributed by atoms with Crippen molar-refractivity contribution in [3.05, 3.63) is 35.0 Å². The highest BCUT2D eigenvalue weighted by atomic mass is 32.1. The Balaban J connectivity index is 2.45. The Morgan fingerprint density at radius 2 is 2.00 bits per heavy atom. The third-order valence-electron chi connectivity index (χ3n) is 2.69. The van der Waals surface area contributed by atoms with Crippen molar-refractivity contribution in [1.82, 2.24) is 4.98 Å². The number of aromatic nitrogens is 1. The molecule has 0 radical (unpaired) electrons. The van der Waals surface area contributed by atoms with Crippen molar-refractivity contribution in [2.75, 3.05) is 19.0 Å². The normalized spacial score (nSPS) is 10.5. The third-order valence-corrected chi connectivity index (χ3v) is 3.82. The molecule has 0 fully saturated rings. The highest BCUT2D eigenvalue weighted by Gasteiger charge is 2.18. The second kappa shape index (κ2) is 5.38. The summed E-state index contributed by atoms with van der Waals surface area (Å²) < 4.78 is 0. The summed E-state index contributed by atoms with van der Waals surface area (Å²) in [5.74, 6) is -1.03. The van der Waals surface area contributed by atoms with E-state index in [4.69, 9.17) is 5.73 Å². The van der Waals surface area contributed by atoms with Crippen LogP contribution in [0.4, 0.5) is 5.69 Å². The van der Waals surface area contributed by atoms with Gasteiger partial charge in [-0.2, -0.15) is 0 Å². The van der Waals surface area contributed by atoms with Crippen LogP contribution in [0.3, 0.4) is 0 Å². The molecule has 6 heteroatoms. The fraction of sp³-hybridized carbons (Fsp3) is 0.231. The van der Waals surface area contributed by atoms with Gasteiger partial charge in [-0.3, -0.25) is 0 Å². The lowest BCUT2D eigenvalue weighted by molar-refractivity contribution is 0.0692. The Morgan fingerprint density at radius 3 is 2.47 bits per heavy atom. The maximum atomic E-state index is 11.2. The number of hydrogen-bond donors (Lipinski definition) is 2. The highest BCUT2D eigenvalue weighted by Crippen LogP contribution is 2.31. The lowest BCUT2D eigenvalue weighted by Gasteiger charge is -2.12. The number of thiazole rings is 1. The number of hydrogen-bond acceptors (Lipinski definition) is 5. The van der Waals surface area contributed by atoms with Crippen LogP contribution in [0, 0.1) is 0 Å². The molecule has 0 unspecified atom stereocenters. The molecule has 0 amide bonds. The van der Waals surface area contributed by atoms with E-state index in [0.717, 1.165) is 11.3 Å². The van der Waals surface area contributed by atoms with Crippen LogP contribution in [0.1, 0.15) is 15.5 Å². The van der Waals surface area contributed by atoms with Crippen molar-refractivity contribution in [1.29, 1.82) is 0 Å². The summed E-state index contributed by atoms with van der Waals surface area (Å²) in [7, 11) is 3.91. The van der Waals surface area contributed by atoms with Gasteiger partial charge in [-0.05, 0) is 17.7 Å². The fourth-order valence-electron chi connectivity index (χ4n) is 1.70. The van der Waals surface area contributed by atoms with Gasteiger partial charge in [0.25, 0.3) is 0 Å². The van der Waals surface area contributed by atoms with Gasteiger partial charge in [0.1, 0.15) is 5.01 Å². The fourth-order valence-corrected chi connectivity index (χ4v) is 2.64. The van der Waals surface area contributed by atoms with Crippen LogP contribution in [0.25, 0.3) is 10.4 Å². The number of carboxylic acid groups (broad SMARTS) is 1. The number of anilines is 1. The van der Waals surface area contributed by atoms with Crippen LogP contribution in [0.2, 0.25) is 0 Å². The molecule has 0 aliphatic carbocycles. The van der Waals surface area contributed by atoms with E-state index in [1.807, 2.05) is 43.3 Å². The molecule has 0 saturated heterocycles. The lowest BCUT2D eigenvalue weighted by atomic mass is 10.1. The van der Waals surface area contributed by atoms with Crippen molar-refractivity contribution >= 4 is 23.0 Å². The Morgan fingerprint density at radius 1 is 1.37 bits per heavy atom. The molecule has 1 aromatic heterocycles. The zero-order valence-corrected chi connectivity index (χ0v) is 11.6. The van der Waals surface area contributed by atoms with Crippen LogP contribution < -0.4 is 10.6 Å². The standard InChI is InChI=1S/C13H15N3O2S/c1-16(2)9-5-3-8(4-6-9)12-11(13(17)18)15-10(7-14)19-12/h3-6H,7,14H2,1-2H3,(H,17,18). The molecule has 2 aromatic rings. The van der Waals surface area contributed by atoms with Crippen LogP contribution in [-0.4, -0.2) is 30.2 Å². The quantitative estimate of drug-likeness (QED) is 0.894. The summed E-state index contributed by atoms with van der Waals surface area (Å²) in [6, 6.07) is 7.69. The molecule has 0 aliphatic heterocycles. The molecule has 0 spiro atoms. The molecular weight excluding hydrogens is 262 g/mol. The van der Waals surface area contributed by atoms with Crippen molar-refractivity contribution in [3.63, 3.8) is 0 Å². The molecule has 1 heterocycles. The van der Waals surface area contributed by atoms with Gasteiger partial charge in [-0.25, -0.2) is 9.78 Å². The second-order valence-electron chi connectivity index (χ2n) is 4.24. The largest absolute Gasteiger partial charge is 0.476 e. The number of aromatic carboxylic acids is 1. The Kier molecular flexibility index (Phi) is 3.82. The molecular formula is C13H15N3O2S. The van der Waals surface area contributed by atoms with Gasteiger partial charge >= 0.3 is 5.97 Å². The number of carbonyl (C=O) groups is 1. The van der Waals surface area contributed by atoms with Gasteiger partial charge in [0.15, 0.2) is 5.69 Å². The highest BCUT2D eigenvalue weighted by molar-refractivity contribution is 7.15. The smallest absolute Gasteiger partial charge is 0.356 e. The molecule has 0 aliphatic rings. The van der Waals surface area contributed by atoms with E-state index in [1.165, 1.54) is 11.3 Å². The molecule has 3 N–H and O–H groups in total. The Bertz CT molecular complexity index is 590. The van der Waals surface area contributed by atoms with Gasteiger partial charge in [0.2, 0.25) is 0 Å². The molecule has 19 heavy (non-hydrogen) atoms. The molecule has 0 saturated carbocycles. The summed E-state index contributed by atoms with van der Waals surface area (Å²) >= 11 is 1.32. The van der Waals surface area contributed by atoms with Gasteiger partial charge < -0.3 is 15.7 Å². The maximum Gasteiger partial charge on any atom is 0.356 e. The molecule has 1 aromatic carbocycles. The Labute approximate surface area is 115 Å². The van der Waals surface area contributed by atoms with Gasteiger partial charge in [-0.1, -0.05) is 12.1 Å². The number of benzene rings is 1. The van der Waals surface area contributed by atoms with Crippen LogP contribution in [-0.2, 0) is 6.54 Å². The second-order valence-corrected chi connectivity index (χ2v) is 5.32. The SMILES string of the molecule is CN(C)c1ccc(-c2sc(CN)nc2C(=O)O)cc1. The summed E-state index contributed by atoms with van der Waals surface area (Å²) in [4.78, 5) is 17.9. The number of nitrogens with zero attached hydrogens (tertiary/aromatic N) is 2. The molecule has 0 atom stereocenters. The molecule has 100 valence electrons. The topological polar surface area (TPSA) is 79.5 Å². The van der Waals surface area contributed by atoms with Crippen molar-refractivity contribution in [3.8, 4) is 10.4 Å². The minimum Gasteiger partial charge on any atom is -0.476 e. The first-order valence-electron chi connectivity index (χ1n) is 5.73. The summed E-state index contributed by atoms with van der Waals surface area (Å²) in [5, 5.41) is 9.80. The number of rotatable bonds is 4. The third kappa shape index (κ3) is 2.74. The summed E-state index contributed by atoms with van der Waals surface area (Å²) in [6.45, 7) is 0.251. The van der Waals surface area contributed by atoms with Crippen molar-refractivity contribution < 1.29 is 9.90 Å².